The molecule has 3 aromatic carbocycles. The summed E-state index contributed by atoms with van der Waals surface area (Å²) in [6, 6.07) is 30.0. The van der Waals surface area contributed by atoms with Crippen LogP contribution in [0.5, 0.6) is 0 Å². The lowest BCUT2D eigenvalue weighted by atomic mass is 9.85. The summed E-state index contributed by atoms with van der Waals surface area (Å²) in [6.07, 6.45) is -1.47. The largest absolute Gasteiger partial charge is 0.376 e. The molecule has 8 rings (SSSR count). The minimum atomic E-state index is -0.980. The van der Waals surface area contributed by atoms with Crippen LogP contribution in [0.3, 0.4) is 0 Å². The van der Waals surface area contributed by atoms with Crippen molar-refractivity contribution in [1.82, 2.24) is 0 Å². The number of fused-ring (bicyclic) bond motifs is 4. The van der Waals surface area contributed by atoms with Crippen molar-refractivity contribution >= 4 is 0 Å². The Morgan fingerprint density at radius 3 is 1.93 bits per heavy atom. The first kappa shape index (κ1) is 39.2. The first-order valence-electron chi connectivity index (χ1n) is 19.1. The Morgan fingerprint density at radius 1 is 0.685 bits per heavy atom. The van der Waals surface area contributed by atoms with Crippen molar-refractivity contribution in [3.63, 3.8) is 0 Å². The van der Waals surface area contributed by atoms with Gasteiger partial charge in [0.15, 0.2) is 18.9 Å². The van der Waals surface area contributed by atoms with Crippen LogP contribution >= 0.6 is 0 Å². The number of hydrogen-bond acceptors (Lipinski definition) is 11. The highest BCUT2D eigenvalue weighted by Gasteiger charge is 2.60. The normalized spacial score (nSPS) is 34.0. The first-order valence-corrected chi connectivity index (χ1v) is 19.1. The molecule has 292 valence electrons. The van der Waals surface area contributed by atoms with Gasteiger partial charge in [0.2, 0.25) is 0 Å². The molecule has 0 aliphatic carbocycles. The maximum Gasteiger partial charge on any atom is 0.188 e. The van der Waals surface area contributed by atoms with Crippen LogP contribution < -0.4 is 0 Å². The van der Waals surface area contributed by atoms with Crippen LogP contribution in [-0.4, -0.2) is 101 Å². The standard InChI is InChI=1S/C43H54O11/c1-4-43-23-25-48-39(37(44-2)40(43)52-34-22-14-15-24-47-34)42(54-43)53-35-33(29-46-26-30-16-8-5-9-17-30)51-41(45-3)38(50-28-32-20-12-7-13-21-32)36(35)49-27-31-18-10-6-11-19-31/h4-13,16-21,33-42H,1,14-15,22-29H2,2-3H3/t33-,34+,35-,36+,37-,38-,39-,40+,41+,42-,43-/m1/s1. The average molecular weight is 747 g/mol. The third-order valence-corrected chi connectivity index (χ3v) is 10.6. The topological polar surface area (TPSA) is 102 Å². The highest BCUT2D eigenvalue weighted by Crippen LogP contribution is 2.44. The van der Waals surface area contributed by atoms with Crippen molar-refractivity contribution in [2.45, 2.75) is 113 Å². The van der Waals surface area contributed by atoms with E-state index in [-0.39, 0.29) is 12.9 Å². The molecule has 11 nitrogen and oxygen atoms in total. The third-order valence-electron chi connectivity index (χ3n) is 10.6. The smallest absolute Gasteiger partial charge is 0.188 e. The van der Waals surface area contributed by atoms with Gasteiger partial charge in [-0.25, -0.2) is 0 Å². The lowest BCUT2D eigenvalue weighted by Crippen LogP contribution is -2.67. The van der Waals surface area contributed by atoms with E-state index in [1.165, 1.54) is 0 Å². The molecule has 11 heteroatoms. The maximum absolute atomic E-state index is 7.11. The highest BCUT2D eigenvalue weighted by atomic mass is 16.8. The molecule has 5 fully saturated rings. The van der Waals surface area contributed by atoms with Gasteiger partial charge < -0.3 is 52.1 Å². The van der Waals surface area contributed by atoms with Gasteiger partial charge in [0.25, 0.3) is 0 Å². The van der Waals surface area contributed by atoms with E-state index in [0.717, 1.165) is 36.0 Å². The van der Waals surface area contributed by atoms with Crippen molar-refractivity contribution in [3.05, 3.63) is 120 Å². The summed E-state index contributed by atoms with van der Waals surface area (Å²) in [4.78, 5) is 0. The molecule has 0 amide bonds. The molecule has 54 heavy (non-hydrogen) atoms. The lowest BCUT2D eigenvalue weighted by molar-refractivity contribution is -0.378. The fourth-order valence-electron chi connectivity index (χ4n) is 7.78. The number of ether oxygens (including phenoxy) is 11. The summed E-state index contributed by atoms with van der Waals surface area (Å²) in [5, 5.41) is 0. The molecule has 0 unspecified atom stereocenters. The predicted octanol–water partition coefficient (Wildman–Crippen LogP) is 6.13. The second kappa shape index (κ2) is 19.2. The molecular weight excluding hydrogens is 692 g/mol. The van der Waals surface area contributed by atoms with Gasteiger partial charge in [-0.2, -0.15) is 0 Å². The van der Waals surface area contributed by atoms with E-state index in [0.29, 0.717) is 39.5 Å². The van der Waals surface area contributed by atoms with Crippen molar-refractivity contribution in [2.75, 3.05) is 34.0 Å². The predicted molar refractivity (Wildman–Crippen MR) is 198 cm³/mol. The van der Waals surface area contributed by atoms with Crippen LogP contribution in [0, 0.1) is 0 Å². The SMILES string of the molecule is C=C[C@]12CCO[C@@H]([C@H](O[C@H]3[C@H](OCc4ccccc4)[C@@H](OCc4ccccc4)[C@@H](OC)O[C@@H]3COCc3ccccc3)O1)[C@@H](OC)[C@@H]2O[C@H]1CCCCO1. The Kier molecular flexibility index (Phi) is 13.9. The molecule has 5 aliphatic rings. The van der Waals surface area contributed by atoms with Crippen molar-refractivity contribution in [3.8, 4) is 0 Å². The zero-order valence-electron chi connectivity index (χ0n) is 31.3. The summed E-state index contributed by atoms with van der Waals surface area (Å²) in [7, 11) is 3.27. The van der Waals surface area contributed by atoms with Gasteiger partial charge in [-0.1, -0.05) is 97.1 Å². The van der Waals surface area contributed by atoms with Crippen molar-refractivity contribution in [1.29, 1.82) is 0 Å². The molecule has 0 spiro atoms. The molecule has 11 atom stereocenters. The van der Waals surface area contributed by atoms with E-state index in [1.807, 2.05) is 91.0 Å². The van der Waals surface area contributed by atoms with Gasteiger partial charge in [-0.05, 0) is 36.0 Å². The number of rotatable bonds is 17. The van der Waals surface area contributed by atoms with Crippen LogP contribution in [0.4, 0.5) is 0 Å². The van der Waals surface area contributed by atoms with E-state index in [9.17, 15) is 0 Å². The van der Waals surface area contributed by atoms with Crippen LogP contribution in [-0.2, 0) is 71.9 Å². The highest BCUT2D eigenvalue weighted by molar-refractivity contribution is 5.16. The van der Waals surface area contributed by atoms with Crippen LogP contribution in [0.15, 0.2) is 104 Å². The zero-order valence-corrected chi connectivity index (χ0v) is 31.3. The van der Waals surface area contributed by atoms with E-state index in [4.69, 9.17) is 52.1 Å². The first-order chi connectivity index (χ1) is 26.6. The summed E-state index contributed by atoms with van der Waals surface area (Å²) in [5.41, 5.74) is 2.06. The quantitative estimate of drug-likeness (QED) is 0.149. The fraction of sp³-hybridized carbons (Fsp3) is 0.535. The van der Waals surface area contributed by atoms with Gasteiger partial charge in [-0.15, -0.1) is 6.58 Å². The van der Waals surface area contributed by atoms with Crippen molar-refractivity contribution in [2.24, 2.45) is 0 Å². The summed E-state index contributed by atoms with van der Waals surface area (Å²) < 4.78 is 71.8. The average Bonchev–Trinajstić information content (AvgIpc) is 3.50. The minimum Gasteiger partial charge on any atom is -0.376 e. The zero-order chi connectivity index (χ0) is 37.2. The molecule has 5 aliphatic heterocycles. The molecule has 0 aromatic heterocycles. The third kappa shape index (κ3) is 9.31. The maximum atomic E-state index is 7.11. The Morgan fingerprint density at radius 2 is 1.33 bits per heavy atom. The molecule has 5 heterocycles. The van der Waals surface area contributed by atoms with E-state index in [2.05, 4.69) is 6.58 Å². The number of benzene rings is 3. The second-order valence-electron chi connectivity index (χ2n) is 14.2. The molecule has 0 radical (unpaired) electrons. The molecular formula is C43H54O11. The summed E-state index contributed by atoms with van der Waals surface area (Å²) in [5.74, 6) is 0. The number of methoxy groups -OCH3 is 2. The monoisotopic (exact) mass is 746 g/mol. The Labute approximate surface area is 318 Å². The van der Waals surface area contributed by atoms with Crippen LogP contribution in [0.2, 0.25) is 0 Å². The Hall–Kier alpha value is -3.04. The summed E-state index contributed by atoms with van der Waals surface area (Å²) >= 11 is 0. The van der Waals surface area contributed by atoms with E-state index < -0.39 is 60.9 Å². The van der Waals surface area contributed by atoms with Gasteiger partial charge >= 0.3 is 0 Å². The molecule has 0 saturated carbocycles. The van der Waals surface area contributed by atoms with Gasteiger partial charge in [0, 0.05) is 27.2 Å². The Bertz CT molecular complexity index is 1540. The molecule has 2 bridgehead atoms. The molecule has 3 aromatic rings. The second-order valence-corrected chi connectivity index (χ2v) is 14.2. The fourth-order valence-corrected chi connectivity index (χ4v) is 7.78. The Balaban J connectivity index is 1.20. The van der Waals surface area contributed by atoms with Gasteiger partial charge in [-0.3, -0.25) is 0 Å². The van der Waals surface area contributed by atoms with Crippen molar-refractivity contribution < 1.29 is 52.1 Å². The minimum absolute atomic E-state index is 0.180. The van der Waals surface area contributed by atoms with Gasteiger partial charge in [0.05, 0.1) is 33.0 Å². The van der Waals surface area contributed by atoms with Crippen LogP contribution in [0.25, 0.3) is 0 Å². The molecule has 0 N–H and O–H groups in total. The number of hydrogen-bond donors (Lipinski definition) is 0. The molecule has 5 saturated heterocycles. The van der Waals surface area contributed by atoms with Crippen LogP contribution in [0.1, 0.15) is 42.4 Å². The van der Waals surface area contributed by atoms with E-state index in [1.54, 1.807) is 20.3 Å². The summed E-state index contributed by atoms with van der Waals surface area (Å²) in [6.45, 7) is 6.43. The lowest BCUT2D eigenvalue weighted by Gasteiger charge is -2.51. The van der Waals surface area contributed by atoms with Gasteiger partial charge in [0.1, 0.15) is 48.3 Å². The van der Waals surface area contributed by atoms with E-state index >= 15 is 0 Å².